The molecule has 1 aliphatic rings. The molecular weight excluding hydrogens is 453 g/mol. The third-order valence-electron chi connectivity index (χ3n) is 8.39. The third kappa shape index (κ3) is 4.84. The highest BCUT2D eigenvalue weighted by molar-refractivity contribution is 6.89. The normalized spacial score (nSPS) is 18.9. The van der Waals surface area contributed by atoms with Crippen LogP contribution in [0.5, 0.6) is 0 Å². The molecule has 4 rings (SSSR count). The van der Waals surface area contributed by atoms with Gasteiger partial charge in [0.2, 0.25) is 0 Å². The molecule has 3 aromatic carbocycles. The quantitative estimate of drug-likeness (QED) is 0.318. The van der Waals surface area contributed by atoms with Crippen molar-refractivity contribution >= 4 is 33.5 Å². The molecule has 0 N–H and O–H groups in total. The number of benzene rings is 3. The van der Waals surface area contributed by atoms with Crippen LogP contribution in [0.3, 0.4) is 0 Å². The van der Waals surface area contributed by atoms with Crippen LogP contribution in [0, 0.1) is 20.8 Å². The predicted octanol–water partition coefficient (Wildman–Crippen LogP) is 7.18. The van der Waals surface area contributed by atoms with Gasteiger partial charge in [-0.3, -0.25) is 0 Å². The lowest BCUT2D eigenvalue weighted by Crippen LogP contribution is -2.42. The second-order valence-electron chi connectivity index (χ2n) is 11.9. The van der Waals surface area contributed by atoms with Gasteiger partial charge in [-0.25, -0.2) is 0 Å². The molecule has 0 radical (unpaired) electrons. The Kier molecular flexibility index (Phi) is 7.01. The molecule has 2 heteroatoms. The van der Waals surface area contributed by atoms with Gasteiger partial charge in [0.1, 0.15) is 0 Å². The SMILES string of the molecule is CC1=C(C)C(Cc2c(C)cccc2C)([SiH2]c2cc(C)cc([Si](C)(C)C)c2)C(c2ccccc2)=C1C. The Morgan fingerprint density at radius 2 is 1.34 bits per heavy atom. The van der Waals surface area contributed by atoms with E-state index < -0.39 is 17.6 Å². The Morgan fingerprint density at radius 1 is 0.714 bits per heavy atom. The molecular formula is C33H42Si2. The molecule has 182 valence electrons. The molecule has 1 atom stereocenters. The molecule has 0 heterocycles. The second-order valence-corrected chi connectivity index (χ2v) is 19.3. The average Bonchev–Trinajstić information content (AvgIpc) is 2.97. The molecule has 0 amide bonds. The maximum atomic E-state index is 2.59. The van der Waals surface area contributed by atoms with E-state index in [4.69, 9.17) is 0 Å². The molecule has 0 nitrogen and oxygen atoms in total. The Morgan fingerprint density at radius 3 is 1.94 bits per heavy atom. The summed E-state index contributed by atoms with van der Waals surface area (Å²) in [5.74, 6) is 0. The lowest BCUT2D eigenvalue weighted by molar-refractivity contribution is 0.787. The fourth-order valence-electron chi connectivity index (χ4n) is 6.15. The van der Waals surface area contributed by atoms with Crippen molar-refractivity contribution in [2.75, 3.05) is 0 Å². The van der Waals surface area contributed by atoms with Gasteiger partial charge in [0.25, 0.3) is 0 Å². The van der Waals surface area contributed by atoms with E-state index in [2.05, 4.69) is 128 Å². The summed E-state index contributed by atoms with van der Waals surface area (Å²) in [6, 6.07) is 25.6. The second kappa shape index (κ2) is 9.56. The standard InChI is InChI=1S/C33H42Si2/c1-22-18-29(20-30(19-22)35(7,8)9)34-33(21-31-23(2)14-13-15-24(31)3)27(6)25(4)26(5)32(33)28-16-11-10-12-17-28/h10-20H,21,34H2,1-9H3. The van der Waals surface area contributed by atoms with Crippen LogP contribution in [0.15, 0.2) is 83.4 Å². The molecule has 1 aliphatic carbocycles. The topological polar surface area (TPSA) is 0 Å². The van der Waals surface area contributed by atoms with Crippen LogP contribution in [0.1, 0.15) is 48.6 Å². The molecule has 0 saturated carbocycles. The van der Waals surface area contributed by atoms with Crippen molar-refractivity contribution < 1.29 is 0 Å². The van der Waals surface area contributed by atoms with Crippen LogP contribution in [-0.2, 0) is 6.42 Å². The van der Waals surface area contributed by atoms with Crippen molar-refractivity contribution in [1.82, 2.24) is 0 Å². The summed E-state index contributed by atoms with van der Waals surface area (Å²) >= 11 is 0. The largest absolute Gasteiger partial charge is 0.0775 e. The third-order valence-corrected chi connectivity index (χ3v) is 13.0. The first kappa shape index (κ1) is 25.7. The van der Waals surface area contributed by atoms with Crippen molar-refractivity contribution in [3.05, 3.63) is 111 Å². The van der Waals surface area contributed by atoms with Gasteiger partial charge in [-0.2, -0.15) is 0 Å². The van der Waals surface area contributed by atoms with Crippen LogP contribution in [-0.4, -0.2) is 17.6 Å². The minimum atomic E-state index is -1.39. The van der Waals surface area contributed by atoms with Gasteiger partial charge in [-0.05, 0) is 86.9 Å². The Bertz CT molecular complexity index is 1300. The van der Waals surface area contributed by atoms with Crippen LogP contribution in [0.25, 0.3) is 5.57 Å². The van der Waals surface area contributed by atoms with Crippen molar-refractivity contribution in [3.63, 3.8) is 0 Å². The zero-order valence-electron chi connectivity index (χ0n) is 23.3. The van der Waals surface area contributed by atoms with Gasteiger partial charge in [0.15, 0.2) is 0 Å². The van der Waals surface area contributed by atoms with Gasteiger partial charge in [-0.1, -0.05) is 108 Å². The zero-order valence-corrected chi connectivity index (χ0v) is 25.7. The van der Waals surface area contributed by atoms with Gasteiger partial charge < -0.3 is 0 Å². The number of aryl methyl sites for hydroxylation is 3. The highest BCUT2D eigenvalue weighted by atomic mass is 28.3. The molecule has 0 spiro atoms. The molecule has 35 heavy (non-hydrogen) atoms. The minimum absolute atomic E-state index is 0.0803. The lowest BCUT2D eigenvalue weighted by Gasteiger charge is -2.37. The fraction of sp³-hybridized carbons (Fsp3) is 0.333. The smallest absolute Gasteiger partial charge is 0.0656 e. The summed E-state index contributed by atoms with van der Waals surface area (Å²) in [4.78, 5) is 0. The molecule has 0 aromatic heterocycles. The van der Waals surface area contributed by atoms with Gasteiger partial charge in [0.05, 0.1) is 17.6 Å². The highest BCUT2D eigenvalue weighted by Gasteiger charge is 2.44. The summed E-state index contributed by atoms with van der Waals surface area (Å²) in [5, 5.41) is 3.29. The van der Waals surface area contributed by atoms with Crippen LogP contribution in [0.4, 0.5) is 0 Å². The van der Waals surface area contributed by atoms with Crippen molar-refractivity contribution in [2.24, 2.45) is 0 Å². The number of hydrogen-bond acceptors (Lipinski definition) is 0. The average molecular weight is 495 g/mol. The van der Waals surface area contributed by atoms with E-state index in [0.29, 0.717) is 0 Å². The van der Waals surface area contributed by atoms with E-state index in [1.807, 2.05) is 0 Å². The first-order valence-corrected chi connectivity index (χ1v) is 18.0. The summed E-state index contributed by atoms with van der Waals surface area (Å²) in [6.07, 6.45) is 1.10. The first-order valence-electron chi connectivity index (χ1n) is 13.1. The van der Waals surface area contributed by atoms with E-state index in [0.717, 1.165) is 6.42 Å². The van der Waals surface area contributed by atoms with Crippen LogP contribution in [0.2, 0.25) is 24.7 Å². The summed E-state index contributed by atoms with van der Waals surface area (Å²) in [5.41, 5.74) is 13.4. The van der Waals surface area contributed by atoms with Gasteiger partial charge in [0, 0.05) is 5.04 Å². The maximum Gasteiger partial charge on any atom is 0.0775 e. The molecule has 3 aromatic rings. The summed E-state index contributed by atoms with van der Waals surface area (Å²) < 4.78 is 0. The molecule has 0 fully saturated rings. The van der Waals surface area contributed by atoms with Crippen molar-refractivity contribution in [2.45, 2.75) is 72.6 Å². The Hall–Kier alpha value is -2.43. The van der Waals surface area contributed by atoms with Crippen molar-refractivity contribution in [3.8, 4) is 0 Å². The van der Waals surface area contributed by atoms with Crippen LogP contribution < -0.4 is 10.4 Å². The predicted molar refractivity (Wildman–Crippen MR) is 162 cm³/mol. The van der Waals surface area contributed by atoms with Crippen LogP contribution >= 0.6 is 0 Å². The van der Waals surface area contributed by atoms with Crippen molar-refractivity contribution in [1.29, 1.82) is 0 Å². The fourth-order valence-corrected chi connectivity index (χ4v) is 10.6. The number of rotatable bonds is 6. The minimum Gasteiger partial charge on any atom is -0.0656 e. The number of allylic oxidation sites excluding steroid dienone is 4. The van der Waals surface area contributed by atoms with E-state index in [-0.39, 0.29) is 5.04 Å². The van der Waals surface area contributed by atoms with E-state index >= 15 is 0 Å². The monoisotopic (exact) mass is 494 g/mol. The Labute approximate surface area is 217 Å². The highest BCUT2D eigenvalue weighted by Crippen LogP contribution is 2.58. The lowest BCUT2D eigenvalue weighted by atomic mass is 9.82. The Balaban J connectivity index is 1.98. The molecule has 0 aliphatic heterocycles. The van der Waals surface area contributed by atoms with E-state index in [9.17, 15) is 0 Å². The van der Waals surface area contributed by atoms with Gasteiger partial charge >= 0.3 is 0 Å². The zero-order chi connectivity index (χ0) is 25.5. The maximum absolute atomic E-state index is 2.59. The first-order chi connectivity index (χ1) is 16.4. The van der Waals surface area contributed by atoms with Gasteiger partial charge in [-0.15, -0.1) is 0 Å². The number of hydrogen-bond donors (Lipinski definition) is 0. The van der Waals surface area contributed by atoms with E-state index in [1.54, 1.807) is 21.5 Å². The molecule has 0 bridgehead atoms. The summed E-state index contributed by atoms with van der Waals surface area (Å²) in [6.45, 7) is 21.5. The summed E-state index contributed by atoms with van der Waals surface area (Å²) in [7, 11) is -2.11. The van der Waals surface area contributed by atoms with E-state index in [1.165, 1.54) is 39.0 Å². The molecule has 1 unspecified atom stereocenters. The molecule has 0 saturated heterocycles.